The van der Waals surface area contributed by atoms with Crippen LogP contribution in [0, 0.1) is 0 Å². The molecule has 0 aliphatic carbocycles. The summed E-state index contributed by atoms with van der Waals surface area (Å²) < 4.78 is 5.66. The van der Waals surface area contributed by atoms with Crippen molar-refractivity contribution in [2.45, 2.75) is 25.3 Å². The Kier molecular flexibility index (Phi) is 6.61. The van der Waals surface area contributed by atoms with Gasteiger partial charge in [0.15, 0.2) is 0 Å². The van der Waals surface area contributed by atoms with Crippen molar-refractivity contribution in [2.75, 3.05) is 25.0 Å². The Labute approximate surface area is 179 Å². The second-order valence-corrected chi connectivity index (χ2v) is 8.26. The average molecular weight is 424 g/mol. The molecule has 156 valence electrons. The highest BCUT2D eigenvalue weighted by Crippen LogP contribution is 2.25. The van der Waals surface area contributed by atoms with E-state index in [4.69, 9.17) is 4.42 Å². The summed E-state index contributed by atoms with van der Waals surface area (Å²) in [6.07, 6.45) is 5.22. The van der Waals surface area contributed by atoms with Crippen molar-refractivity contribution in [3.63, 3.8) is 0 Å². The van der Waals surface area contributed by atoms with E-state index >= 15 is 0 Å². The molecule has 1 aliphatic rings. The van der Waals surface area contributed by atoms with Crippen LogP contribution >= 0.6 is 11.3 Å². The lowest BCUT2D eigenvalue weighted by Gasteiger charge is -2.33. The van der Waals surface area contributed by atoms with Gasteiger partial charge in [-0.2, -0.15) is 0 Å². The number of thiophene rings is 1. The van der Waals surface area contributed by atoms with E-state index in [2.05, 4.69) is 15.5 Å². The highest BCUT2D eigenvalue weighted by atomic mass is 32.1. The first-order valence-electron chi connectivity index (χ1n) is 10.2. The quantitative estimate of drug-likeness (QED) is 0.585. The molecule has 1 aromatic carbocycles. The standard InChI is InChI=1S/C23H25N3O3S/c27-22(17-8-2-3-9-18(17)25-23(28)21-11-7-15-30-21)24-16-19(20-10-6-14-29-20)26-12-4-1-5-13-26/h2-3,6-11,14-15,19H,1,4-5,12-13,16H2,(H,24,27)(H,25,28)/t19-/m1/s1. The molecule has 0 radical (unpaired) electrons. The molecule has 2 amide bonds. The molecule has 0 bridgehead atoms. The van der Waals surface area contributed by atoms with Crippen molar-refractivity contribution in [2.24, 2.45) is 0 Å². The summed E-state index contributed by atoms with van der Waals surface area (Å²) in [5.74, 6) is 0.425. The van der Waals surface area contributed by atoms with Crippen LogP contribution in [0.5, 0.6) is 0 Å². The van der Waals surface area contributed by atoms with Crippen LogP contribution in [0.3, 0.4) is 0 Å². The molecule has 1 saturated heterocycles. The maximum atomic E-state index is 13.0. The van der Waals surface area contributed by atoms with Gasteiger partial charge in [-0.1, -0.05) is 24.6 Å². The number of rotatable bonds is 7. The van der Waals surface area contributed by atoms with Gasteiger partial charge >= 0.3 is 0 Å². The highest BCUT2D eigenvalue weighted by molar-refractivity contribution is 7.12. The number of hydrogen-bond donors (Lipinski definition) is 2. The van der Waals surface area contributed by atoms with Crippen LogP contribution in [0.25, 0.3) is 0 Å². The number of nitrogens with zero attached hydrogens (tertiary/aromatic N) is 1. The second-order valence-electron chi connectivity index (χ2n) is 7.31. The monoisotopic (exact) mass is 423 g/mol. The van der Waals surface area contributed by atoms with Gasteiger partial charge in [0.25, 0.3) is 11.8 Å². The molecule has 30 heavy (non-hydrogen) atoms. The summed E-state index contributed by atoms with van der Waals surface area (Å²) in [6.45, 7) is 2.43. The van der Waals surface area contributed by atoms with Crippen LogP contribution in [-0.4, -0.2) is 36.3 Å². The third-order valence-corrected chi connectivity index (χ3v) is 6.19. The van der Waals surface area contributed by atoms with Crippen LogP contribution in [0.15, 0.2) is 64.6 Å². The van der Waals surface area contributed by atoms with E-state index in [0.29, 0.717) is 22.7 Å². The Morgan fingerprint density at radius 1 is 1.00 bits per heavy atom. The highest BCUT2D eigenvalue weighted by Gasteiger charge is 2.25. The van der Waals surface area contributed by atoms with Crippen LogP contribution < -0.4 is 10.6 Å². The fourth-order valence-electron chi connectivity index (χ4n) is 3.79. The normalized spacial score (nSPS) is 15.5. The van der Waals surface area contributed by atoms with E-state index in [1.54, 1.807) is 36.6 Å². The zero-order valence-corrected chi connectivity index (χ0v) is 17.5. The van der Waals surface area contributed by atoms with Crippen molar-refractivity contribution < 1.29 is 14.0 Å². The first-order valence-corrected chi connectivity index (χ1v) is 11.1. The summed E-state index contributed by atoms with van der Waals surface area (Å²) in [5.41, 5.74) is 0.945. The molecule has 0 spiro atoms. The van der Waals surface area contributed by atoms with Crippen molar-refractivity contribution >= 4 is 28.8 Å². The van der Waals surface area contributed by atoms with Gasteiger partial charge in [-0.3, -0.25) is 14.5 Å². The van der Waals surface area contributed by atoms with Crippen LogP contribution in [-0.2, 0) is 0 Å². The maximum Gasteiger partial charge on any atom is 0.265 e. The molecule has 3 heterocycles. The molecule has 7 heteroatoms. The van der Waals surface area contributed by atoms with Gasteiger partial charge in [-0.15, -0.1) is 11.3 Å². The van der Waals surface area contributed by atoms with E-state index < -0.39 is 0 Å². The van der Waals surface area contributed by atoms with Gasteiger partial charge in [0, 0.05) is 6.54 Å². The number of carbonyl (C=O) groups is 2. The molecule has 0 unspecified atom stereocenters. The van der Waals surface area contributed by atoms with E-state index in [0.717, 1.165) is 31.7 Å². The lowest BCUT2D eigenvalue weighted by Crippen LogP contribution is -2.40. The predicted octanol–water partition coefficient (Wildman–Crippen LogP) is 4.55. The largest absolute Gasteiger partial charge is 0.468 e. The van der Waals surface area contributed by atoms with Gasteiger partial charge in [0.1, 0.15) is 5.76 Å². The minimum Gasteiger partial charge on any atom is -0.468 e. The summed E-state index contributed by atoms with van der Waals surface area (Å²) in [7, 11) is 0. The summed E-state index contributed by atoms with van der Waals surface area (Å²) in [6, 6.07) is 14.5. The zero-order chi connectivity index (χ0) is 20.8. The Hall–Kier alpha value is -2.90. The smallest absolute Gasteiger partial charge is 0.265 e. The van der Waals surface area contributed by atoms with Gasteiger partial charge in [0.2, 0.25) is 0 Å². The number of anilines is 1. The number of para-hydroxylation sites is 1. The third-order valence-electron chi connectivity index (χ3n) is 5.32. The second kappa shape index (κ2) is 9.73. The average Bonchev–Trinajstić information content (AvgIpc) is 3.50. The molecule has 1 fully saturated rings. The third kappa shape index (κ3) is 4.80. The molecular formula is C23H25N3O3S. The molecular weight excluding hydrogens is 398 g/mol. The fourth-order valence-corrected chi connectivity index (χ4v) is 4.41. The summed E-state index contributed by atoms with van der Waals surface area (Å²) in [4.78, 5) is 28.4. The van der Waals surface area contributed by atoms with Gasteiger partial charge in [0.05, 0.1) is 28.4 Å². The minimum atomic E-state index is -0.217. The summed E-state index contributed by atoms with van der Waals surface area (Å²) in [5, 5.41) is 7.75. The fraction of sp³-hybridized carbons (Fsp3) is 0.304. The van der Waals surface area contributed by atoms with Gasteiger partial charge in [-0.05, 0) is 61.6 Å². The van der Waals surface area contributed by atoms with Crippen LogP contribution in [0.2, 0.25) is 0 Å². The number of carbonyl (C=O) groups excluding carboxylic acids is 2. The topological polar surface area (TPSA) is 74.6 Å². The zero-order valence-electron chi connectivity index (χ0n) is 16.7. The Balaban J connectivity index is 1.46. The Morgan fingerprint density at radius 3 is 2.57 bits per heavy atom. The first-order chi connectivity index (χ1) is 14.7. The molecule has 1 atom stereocenters. The lowest BCUT2D eigenvalue weighted by molar-refractivity contribution is 0.0915. The van der Waals surface area contributed by atoms with Gasteiger partial charge in [-0.25, -0.2) is 0 Å². The molecule has 2 N–H and O–H groups in total. The number of hydrogen-bond acceptors (Lipinski definition) is 5. The van der Waals surface area contributed by atoms with E-state index in [1.165, 1.54) is 17.8 Å². The lowest BCUT2D eigenvalue weighted by atomic mass is 10.1. The molecule has 3 aromatic rings. The number of likely N-dealkylation sites (tertiary alicyclic amines) is 1. The van der Waals surface area contributed by atoms with E-state index in [9.17, 15) is 9.59 Å². The molecule has 4 rings (SSSR count). The molecule has 1 aliphatic heterocycles. The molecule has 2 aromatic heterocycles. The van der Waals surface area contributed by atoms with Crippen molar-refractivity contribution in [1.82, 2.24) is 10.2 Å². The number of amides is 2. The first kappa shape index (κ1) is 20.4. The number of piperidine rings is 1. The Morgan fingerprint density at radius 2 is 1.83 bits per heavy atom. The SMILES string of the molecule is O=C(Nc1ccccc1C(=O)NC[C@H](c1ccco1)N1CCCCC1)c1cccs1. The Bertz CT molecular complexity index is 964. The van der Waals surface area contributed by atoms with Gasteiger partial charge < -0.3 is 15.1 Å². The van der Waals surface area contributed by atoms with E-state index in [1.807, 2.05) is 23.6 Å². The van der Waals surface area contributed by atoms with E-state index in [-0.39, 0.29) is 17.9 Å². The minimum absolute atomic E-state index is 0.00266. The number of nitrogens with one attached hydrogen (secondary N) is 2. The van der Waals surface area contributed by atoms with Crippen LogP contribution in [0.1, 0.15) is 51.1 Å². The van der Waals surface area contributed by atoms with Crippen molar-refractivity contribution in [1.29, 1.82) is 0 Å². The number of furan rings is 1. The van der Waals surface area contributed by atoms with Crippen molar-refractivity contribution in [3.05, 3.63) is 76.4 Å². The molecule has 0 saturated carbocycles. The van der Waals surface area contributed by atoms with Crippen molar-refractivity contribution in [3.8, 4) is 0 Å². The number of benzene rings is 1. The van der Waals surface area contributed by atoms with Crippen LogP contribution in [0.4, 0.5) is 5.69 Å². The predicted molar refractivity (Wildman–Crippen MR) is 118 cm³/mol. The summed E-state index contributed by atoms with van der Waals surface area (Å²) >= 11 is 1.36. The molecule has 6 nitrogen and oxygen atoms in total. The maximum absolute atomic E-state index is 13.0.